The third-order valence-corrected chi connectivity index (χ3v) is 2.97. The average molecular weight is 279 g/mol. The van der Waals surface area contributed by atoms with Crippen LogP contribution in [0.5, 0.6) is 0 Å². The zero-order valence-electron chi connectivity index (χ0n) is 11.7. The van der Waals surface area contributed by atoms with Gasteiger partial charge in [0.25, 0.3) is 0 Å². The molecule has 0 bridgehead atoms. The highest BCUT2D eigenvalue weighted by Gasteiger charge is 2.10. The molecule has 1 N–H and O–H groups in total. The molecular formula is C14H19ClN4. The van der Waals surface area contributed by atoms with Crippen LogP contribution in [0.1, 0.15) is 32.0 Å². The van der Waals surface area contributed by atoms with Crippen molar-refractivity contribution in [3.8, 4) is 5.82 Å². The van der Waals surface area contributed by atoms with Crippen LogP contribution in [0.25, 0.3) is 5.82 Å². The number of halogens is 1. The van der Waals surface area contributed by atoms with E-state index in [-0.39, 0.29) is 5.54 Å². The van der Waals surface area contributed by atoms with Crippen molar-refractivity contribution in [3.63, 3.8) is 0 Å². The molecule has 0 spiro atoms. The second kappa shape index (κ2) is 5.31. The topological polar surface area (TPSA) is 42.7 Å². The third kappa shape index (κ3) is 3.78. The Morgan fingerprint density at radius 1 is 1.32 bits per heavy atom. The van der Waals surface area contributed by atoms with Gasteiger partial charge < -0.3 is 5.32 Å². The fourth-order valence-corrected chi connectivity index (χ4v) is 1.81. The van der Waals surface area contributed by atoms with E-state index in [0.29, 0.717) is 5.02 Å². The Labute approximate surface area is 118 Å². The van der Waals surface area contributed by atoms with E-state index in [0.717, 1.165) is 18.1 Å². The summed E-state index contributed by atoms with van der Waals surface area (Å²) in [7, 11) is 0. The second-order valence-electron chi connectivity index (χ2n) is 5.62. The molecule has 2 rings (SSSR count). The van der Waals surface area contributed by atoms with Gasteiger partial charge in [-0.3, -0.25) is 0 Å². The number of hydrogen-bond acceptors (Lipinski definition) is 3. The van der Waals surface area contributed by atoms with Gasteiger partial charge in [0.15, 0.2) is 5.82 Å². The van der Waals surface area contributed by atoms with Gasteiger partial charge in [-0.15, -0.1) is 0 Å². The number of aryl methyl sites for hydroxylation is 1. The van der Waals surface area contributed by atoms with E-state index in [2.05, 4.69) is 42.2 Å². The Kier molecular flexibility index (Phi) is 3.92. The Balaban J connectivity index is 2.18. The monoisotopic (exact) mass is 278 g/mol. The molecule has 0 aromatic carbocycles. The van der Waals surface area contributed by atoms with Crippen LogP contribution in [-0.2, 0) is 6.54 Å². The van der Waals surface area contributed by atoms with Gasteiger partial charge in [-0.05, 0) is 39.3 Å². The van der Waals surface area contributed by atoms with Crippen LogP contribution in [0.2, 0.25) is 5.02 Å². The van der Waals surface area contributed by atoms with Crippen molar-refractivity contribution in [2.75, 3.05) is 0 Å². The smallest absolute Gasteiger partial charge is 0.153 e. The van der Waals surface area contributed by atoms with E-state index in [9.17, 15) is 0 Å². The first kappa shape index (κ1) is 14.0. The Bertz CT molecular complexity index is 569. The van der Waals surface area contributed by atoms with E-state index in [1.54, 1.807) is 17.1 Å². The molecule has 0 fully saturated rings. The van der Waals surface area contributed by atoms with Gasteiger partial charge >= 0.3 is 0 Å². The van der Waals surface area contributed by atoms with Crippen molar-refractivity contribution in [1.29, 1.82) is 0 Å². The van der Waals surface area contributed by atoms with E-state index >= 15 is 0 Å². The van der Waals surface area contributed by atoms with Crippen LogP contribution < -0.4 is 5.32 Å². The molecule has 2 aromatic rings. The summed E-state index contributed by atoms with van der Waals surface area (Å²) in [5.74, 6) is 0.781. The lowest BCUT2D eigenvalue weighted by Crippen LogP contribution is -2.35. The summed E-state index contributed by atoms with van der Waals surface area (Å²) in [5.41, 5.74) is 2.29. The number of nitrogens with one attached hydrogen (secondary N) is 1. The molecule has 0 saturated heterocycles. The molecule has 0 saturated carbocycles. The maximum Gasteiger partial charge on any atom is 0.153 e. The van der Waals surface area contributed by atoms with Gasteiger partial charge in [0.2, 0.25) is 0 Å². The summed E-state index contributed by atoms with van der Waals surface area (Å²) in [6.07, 6.45) is 3.35. The molecule has 4 nitrogen and oxygen atoms in total. The van der Waals surface area contributed by atoms with E-state index in [1.165, 1.54) is 5.56 Å². The Morgan fingerprint density at radius 2 is 2.05 bits per heavy atom. The molecule has 2 aromatic heterocycles. The first-order valence-corrected chi connectivity index (χ1v) is 6.65. The normalized spacial score (nSPS) is 11.8. The molecule has 102 valence electrons. The van der Waals surface area contributed by atoms with Crippen LogP contribution >= 0.6 is 11.6 Å². The molecule has 2 heterocycles. The summed E-state index contributed by atoms with van der Waals surface area (Å²) in [4.78, 5) is 4.56. The fraction of sp³-hybridized carbons (Fsp3) is 0.429. The van der Waals surface area contributed by atoms with E-state index in [4.69, 9.17) is 11.6 Å². The number of hydrogen-bond donors (Lipinski definition) is 1. The number of rotatable bonds is 3. The van der Waals surface area contributed by atoms with Crippen LogP contribution in [-0.4, -0.2) is 20.3 Å². The summed E-state index contributed by atoms with van der Waals surface area (Å²) in [6.45, 7) is 9.26. The first-order chi connectivity index (χ1) is 8.85. The summed E-state index contributed by atoms with van der Waals surface area (Å²) >= 11 is 5.86. The highest BCUT2D eigenvalue weighted by atomic mass is 35.5. The minimum Gasteiger partial charge on any atom is -0.308 e. The summed E-state index contributed by atoms with van der Waals surface area (Å²) < 4.78 is 1.68. The highest BCUT2D eigenvalue weighted by molar-refractivity contribution is 6.30. The van der Waals surface area contributed by atoms with Gasteiger partial charge in [-0.1, -0.05) is 17.7 Å². The Hall–Kier alpha value is -1.39. The van der Waals surface area contributed by atoms with Gasteiger partial charge in [-0.2, -0.15) is 5.10 Å². The minimum absolute atomic E-state index is 0.0978. The SMILES string of the molecule is Cc1nc(-n2cc(Cl)cn2)ccc1CNC(C)(C)C. The molecule has 0 amide bonds. The van der Waals surface area contributed by atoms with Crippen LogP contribution in [0, 0.1) is 6.92 Å². The average Bonchev–Trinajstić information content (AvgIpc) is 2.73. The number of nitrogens with zero attached hydrogens (tertiary/aromatic N) is 3. The predicted molar refractivity (Wildman–Crippen MR) is 77.7 cm³/mol. The summed E-state index contributed by atoms with van der Waals surface area (Å²) in [6, 6.07) is 4.03. The quantitative estimate of drug-likeness (QED) is 0.938. The highest BCUT2D eigenvalue weighted by Crippen LogP contribution is 2.13. The molecule has 5 heteroatoms. The van der Waals surface area contributed by atoms with Crippen molar-refractivity contribution in [3.05, 3.63) is 40.8 Å². The fourth-order valence-electron chi connectivity index (χ4n) is 1.68. The molecule has 0 radical (unpaired) electrons. The maximum atomic E-state index is 5.86. The Morgan fingerprint density at radius 3 is 2.58 bits per heavy atom. The molecular weight excluding hydrogens is 260 g/mol. The van der Waals surface area contributed by atoms with Gasteiger partial charge in [0.05, 0.1) is 17.4 Å². The van der Waals surface area contributed by atoms with Crippen LogP contribution in [0.4, 0.5) is 0 Å². The zero-order chi connectivity index (χ0) is 14.0. The molecule has 0 aliphatic rings. The van der Waals surface area contributed by atoms with Crippen molar-refractivity contribution < 1.29 is 0 Å². The number of aromatic nitrogens is 3. The molecule has 19 heavy (non-hydrogen) atoms. The maximum absolute atomic E-state index is 5.86. The standard InChI is InChI=1S/C14H19ClN4/c1-10-11(7-16-14(2,3)4)5-6-13(18-10)19-9-12(15)8-17-19/h5-6,8-9,16H,7H2,1-4H3. The zero-order valence-corrected chi connectivity index (χ0v) is 12.5. The first-order valence-electron chi connectivity index (χ1n) is 6.27. The van der Waals surface area contributed by atoms with Crippen LogP contribution in [0.3, 0.4) is 0 Å². The van der Waals surface area contributed by atoms with Crippen molar-refractivity contribution in [2.45, 2.75) is 39.8 Å². The molecule has 0 atom stereocenters. The molecule has 0 aliphatic carbocycles. The lowest BCUT2D eigenvalue weighted by atomic mass is 10.1. The van der Waals surface area contributed by atoms with Crippen molar-refractivity contribution in [1.82, 2.24) is 20.1 Å². The molecule has 0 unspecified atom stereocenters. The predicted octanol–water partition coefficient (Wildman–Crippen LogP) is 3.12. The molecule has 0 aliphatic heterocycles. The third-order valence-electron chi connectivity index (χ3n) is 2.78. The van der Waals surface area contributed by atoms with Gasteiger partial charge in [-0.25, -0.2) is 9.67 Å². The largest absolute Gasteiger partial charge is 0.308 e. The van der Waals surface area contributed by atoms with Crippen molar-refractivity contribution in [2.24, 2.45) is 0 Å². The number of pyridine rings is 1. The lowest BCUT2D eigenvalue weighted by Gasteiger charge is -2.21. The van der Waals surface area contributed by atoms with Crippen LogP contribution in [0.15, 0.2) is 24.5 Å². The van der Waals surface area contributed by atoms with Gasteiger partial charge in [0, 0.05) is 17.8 Å². The second-order valence-corrected chi connectivity index (χ2v) is 6.06. The van der Waals surface area contributed by atoms with Gasteiger partial charge in [0.1, 0.15) is 0 Å². The summed E-state index contributed by atoms with van der Waals surface area (Å²) in [5, 5.41) is 8.22. The minimum atomic E-state index is 0.0978. The van der Waals surface area contributed by atoms with Crippen molar-refractivity contribution >= 4 is 11.6 Å². The van der Waals surface area contributed by atoms with E-state index in [1.807, 2.05) is 13.0 Å². The van der Waals surface area contributed by atoms with E-state index < -0.39 is 0 Å². The lowest BCUT2D eigenvalue weighted by molar-refractivity contribution is 0.423.